The van der Waals surface area contributed by atoms with Gasteiger partial charge in [0.1, 0.15) is 6.10 Å². The van der Waals surface area contributed by atoms with Gasteiger partial charge in [-0.1, -0.05) is 18.2 Å². The SMILES string of the molecule is NCC[C@H](Oc1cccc2ccoc12)c1cccs1.S. The Morgan fingerprint density at radius 1 is 1.20 bits per heavy atom. The normalized spacial score (nSPS) is 12.1. The number of nitrogens with two attached hydrogens (primary N) is 1. The molecule has 1 aromatic carbocycles. The van der Waals surface area contributed by atoms with Crippen LogP contribution >= 0.6 is 24.8 Å². The molecule has 0 aliphatic heterocycles. The average Bonchev–Trinajstić information content (AvgIpc) is 3.10. The lowest BCUT2D eigenvalue weighted by molar-refractivity contribution is 0.202. The largest absolute Gasteiger partial charge is 0.481 e. The third-order valence-corrected chi connectivity index (χ3v) is 3.97. The molecule has 3 aromatic rings. The van der Waals surface area contributed by atoms with E-state index >= 15 is 0 Å². The molecule has 106 valence electrons. The highest BCUT2D eigenvalue weighted by Gasteiger charge is 2.16. The highest BCUT2D eigenvalue weighted by Crippen LogP contribution is 2.32. The van der Waals surface area contributed by atoms with Gasteiger partial charge >= 0.3 is 0 Å². The molecule has 0 amide bonds. The Hall–Kier alpha value is -1.43. The van der Waals surface area contributed by atoms with E-state index in [1.165, 1.54) is 4.88 Å². The number of furan rings is 1. The van der Waals surface area contributed by atoms with Crippen LogP contribution in [0.2, 0.25) is 0 Å². The predicted octanol–water partition coefficient (Wildman–Crippen LogP) is 4.08. The van der Waals surface area contributed by atoms with Gasteiger partial charge in [0.25, 0.3) is 0 Å². The summed E-state index contributed by atoms with van der Waals surface area (Å²) in [6.07, 6.45) is 2.46. The number of fused-ring (bicyclic) bond motifs is 1. The molecule has 0 unspecified atom stereocenters. The third-order valence-electron chi connectivity index (χ3n) is 3.00. The van der Waals surface area contributed by atoms with Gasteiger partial charge in [-0.25, -0.2) is 0 Å². The molecule has 0 saturated carbocycles. The molecule has 0 aliphatic rings. The summed E-state index contributed by atoms with van der Waals surface area (Å²) in [5.41, 5.74) is 6.48. The van der Waals surface area contributed by atoms with E-state index in [1.807, 2.05) is 30.3 Å². The van der Waals surface area contributed by atoms with Gasteiger partial charge in [-0.15, -0.1) is 11.3 Å². The Morgan fingerprint density at radius 3 is 2.85 bits per heavy atom. The van der Waals surface area contributed by atoms with E-state index < -0.39 is 0 Å². The number of thiophene rings is 1. The Labute approximate surface area is 128 Å². The summed E-state index contributed by atoms with van der Waals surface area (Å²) in [5.74, 6) is 0.773. The zero-order valence-corrected chi connectivity index (χ0v) is 12.7. The van der Waals surface area contributed by atoms with E-state index in [-0.39, 0.29) is 19.6 Å². The highest BCUT2D eigenvalue weighted by molar-refractivity contribution is 7.59. The summed E-state index contributed by atoms with van der Waals surface area (Å²) in [6.45, 7) is 0.594. The lowest BCUT2D eigenvalue weighted by Crippen LogP contribution is -2.12. The molecular formula is C15H17NO2S2. The number of rotatable bonds is 5. The minimum Gasteiger partial charge on any atom is -0.481 e. The van der Waals surface area contributed by atoms with Crippen LogP contribution in [0.3, 0.4) is 0 Å². The lowest BCUT2D eigenvalue weighted by atomic mass is 10.2. The summed E-state index contributed by atoms with van der Waals surface area (Å²) in [4.78, 5) is 1.19. The van der Waals surface area contributed by atoms with Crippen LogP contribution in [0.5, 0.6) is 5.75 Å². The fourth-order valence-electron chi connectivity index (χ4n) is 2.10. The van der Waals surface area contributed by atoms with Crippen LogP contribution in [0.15, 0.2) is 52.5 Å². The number of benzene rings is 1. The van der Waals surface area contributed by atoms with Crippen LogP contribution in [0, 0.1) is 0 Å². The fourth-order valence-corrected chi connectivity index (χ4v) is 2.89. The number of para-hydroxylation sites is 1. The molecule has 2 N–H and O–H groups in total. The Balaban J connectivity index is 0.00000147. The van der Waals surface area contributed by atoms with Gasteiger partial charge < -0.3 is 14.9 Å². The average molecular weight is 307 g/mol. The summed E-state index contributed by atoms with van der Waals surface area (Å²) >= 11 is 1.69. The van der Waals surface area contributed by atoms with Crippen molar-refractivity contribution < 1.29 is 9.15 Å². The van der Waals surface area contributed by atoms with E-state index in [0.717, 1.165) is 23.1 Å². The van der Waals surface area contributed by atoms with Crippen molar-refractivity contribution in [1.82, 2.24) is 0 Å². The monoisotopic (exact) mass is 307 g/mol. The van der Waals surface area contributed by atoms with Gasteiger partial charge in [0, 0.05) is 16.7 Å². The van der Waals surface area contributed by atoms with Crippen LogP contribution in [0.4, 0.5) is 0 Å². The fraction of sp³-hybridized carbons (Fsp3) is 0.200. The van der Waals surface area contributed by atoms with Gasteiger partial charge in [0.05, 0.1) is 6.26 Å². The maximum absolute atomic E-state index is 6.11. The maximum atomic E-state index is 6.11. The van der Waals surface area contributed by atoms with Crippen molar-refractivity contribution in [2.24, 2.45) is 5.73 Å². The van der Waals surface area contributed by atoms with Gasteiger partial charge in [0.2, 0.25) is 0 Å². The second-order valence-corrected chi connectivity index (χ2v) is 5.27. The van der Waals surface area contributed by atoms with Crippen molar-refractivity contribution in [1.29, 1.82) is 0 Å². The van der Waals surface area contributed by atoms with Crippen LogP contribution in [-0.4, -0.2) is 6.54 Å². The summed E-state index contributed by atoms with van der Waals surface area (Å²) in [7, 11) is 0. The van der Waals surface area contributed by atoms with Crippen molar-refractivity contribution in [3.63, 3.8) is 0 Å². The number of hydrogen-bond acceptors (Lipinski definition) is 4. The van der Waals surface area contributed by atoms with E-state index in [2.05, 4.69) is 11.4 Å². The zero-order valence-electron chi connectivity index (χ0n) is 10.9. The minimum atomic E-state index is -0.0132. The summed E-state index contributed by atoms with van der Waals surface area (Å²) in [6, 6.07) is 12.0. The Bertz CT molecular complexity index is 649. The quantitative estimate of drug-likeness (QED) is 0.773. The Morgan fingerprint density at radius 2 is 2.10 bits per heavy atom. The van der Waals surface area contributed by atoms with Crippen LogP contribution < -0.4 is 10.5 Å². The lowest BCUT2D eigenvalue weighted by Gasteiger charge is -2.17. The molecule has 3 nitrogen and oxygen atoms in total. The molecule has 0 radical (unpaired) electrons. The first-order valence-electron chi connectivity index (χ1n) is 6.25. The highest BCUT2D eigenvalue weighted by atomic mass is 32.1. The third kappa shape index (κ3) is 3.00. The van der Waals surface area contributed by atoms with Crippen molar-refractivity contribution in [2.45, 2.75) is 12.5 Å². The van der Waals surface area contributed by atoms with Crippen LogP contribution in [0.25, 0.3) is 11.0 Å². The molecule has 0 saturated heterocycles. The number of ether oxygens (including phenoxy) is 1. The molecule has 3 rings (SSSR count). The van der Waals surface area contributed by atoms with Crippen molar-refractivity contribution >= 4 is 35.8 Å². The first kappa shape index (κ1) is 15.0. The summed E-state index contributed by atoms with van der Waals surface area (Å²) < 4.78 is 11.6. The van der Waals surface area contributed by atoms with Crippen molar-refractivity contribution in [2.75, 3.05) is 6.54 Å². The topological polar surface area (TPSA) is 48.4 Å². The van der Waals surface area contributed by atoms with Crippen LogP contribution in [0.1, 0.15) is 17.4 Å². The first-order chi connectivity index (χ1) is 9.38. The second-order valence-electron chi connectivity index (χ2n) is 4.29. The van der Waals surface area contributed by atoms with E-state index in [9.17, 15) is 0 Å². The van der Waals surface area contributed by atoms with Gasteiger partial charge in [-0.05, 0) is 30.1 Å². The van der Waals surface area contributed by atoms with E-state index in [1.54, 1.807) is 17.6 Å². The molecule has 20 heavy (non-hydrogen) atoms. The molecule has 2 aromatic heterocycles. The van der Waals surface area contributed by atoms with Gasteiger partial charge in [-0.2, -0.15) is 13.5 Å². The molecule has 0 aliphatic carbocycles. The van der Waals surface area contributed by atoms with Gasteiger partial charge in [-0.3, -0.25) is 0 Å². The Kier molecular flexibility index (Phi) is 5.11. The predicted molar refractivity (Wildman–Crippen MR) is 88.0 cm³/mol. The van der Waals surface area contributed by atoms with Crippen molar-refractivity contribution in [3.8, 4) is 5.75 Å². The molecule has 0 bridgehead atoms. The van der Waals surface area contributed by atoms with E-state index in [0.29, 0.717) is 6.54 Å². The van der Waals surface area contributed by atoms with Gasteiger partial charge in [0.15, 0.2) is 11.3 Å². The smallest absolute Gasteiger partial charge is 0.175 e. The zero-order chi connectivity index (χ0) is 13.1. The molecule has 0 fully saturated rings. The molecule has 0 spiro atoms. The van der Waals surface area contributed by atoms with Crippen LogP contribution in [-0.2, 0) is 0 Å². The first-order valence-corrected chi connectivity index (χ1v) is 7.13. The maximum Gasteiger partial charge on any atom is 0.175 e. The minimum absolute atomic E-state index is 0. The molecule has 5 heteroatoms. The summed E-state index contributed by atoms with van der Waals surface area (Å²) in [5, 5.41) is 3.10. The number of hydrogen-bond donors (Lipinski definition) is 1. The molecule has 1 atom stereocenters. The van der Waals surface area contributed by atoms with E-state index in [4.69, 9.17) is 14.9 Å². The van der Waals surface area contributed by atoms with Crippen molar-refractivity contribution in [3.05, 3.63) is 52.9 Å². The molecular weight excluding hydrogens is 290 g/mol. The second kappa shape index (κ2) is 6.83. The molecule has 2 heterocycles. The standard InChI is InChI=1S/C15H15NO2S.H2S/c16-8-6-12(14-5-2-10-19-14)18-13-4-1-3-11-7-9-17-15(11)13;/h1-5,7,9-10,12H,6,8,16H2;1H2/t12-;/m0./s1.